The average molecular weight is 307 g/mol. The Morgan fingerprint density at radius 3 is 2.43 bits per heavy atom. The van der Waals surface area contributed by atoms with E-state index in [2.05, 4.69) is 31.2 Å². The molecule has 1 atom stereocenters. The van der Waals surface area contributed by atoms with Crippen LogP contribution in [0.3, 0.4) is 0 Å². The van der Waals surface area contributed by atoms with Crippen LogP contribution < -0.4 is 5.73 Å². The summed E-state index contributed by atoms with van der Waals surface area (Å²) in [6, 6.07) is 12.7. The number of hydrogen-bond acceptors (Lipinski definition) is 2. The van der Waals surface area contributed by atoms with Crippen molar-refractivity contribution in [2.45, 2.75) is 19.5 Å². The van der Waals surface area contributed by atoms with Gasteiger partial charge in [0.05, 0.1) is 6.04 Å². The van der Waals surface area contributed by atoms with Crippen LogP contribution in [0, 0.1) is 12.7 Å². The van der Waals surface area contributed by atoms with E-state index in [1.165, 1.54) is 11.6 Å². The number of nitrogens with two attached hydrogens (primary N) is 1. The molecular weight excluding hydrogens is 287 g/mol. The first-order valence-electron chi connectivity index (χ1n) is 6.92. The monoisotopic (exact) mass is 306 g/mol. The predicted molar refractivity (Wildman–Crippen MR) is 85.9 cm³/mol. The zero-order valence-corrected chi connectivity index (χ0v) is 13.1. The lowest BCUT2D eigenvalue weighted by atomic mass is 10.0. The van der Waals surface area contributed by atoms with Crippen molar-refractivity contribution in [3.05, 3.63) is 70.0 Å². The van der Waals surface area contributed by atoms with Gasteiger partial charge in [-0.25, -0.2) is 4.39 Å². The topological polar surface area (TPSA) is 29.3 Å². The Kier molecular flexibility index (Phi) is 5.34. The van der Waals surface area contributed by atoms with Gasteiger partial charge < -0.3 is 5.73 Å². The van der Waals surface area contributed by atoms with Crippen molar-refractivity contribution >= 4 is 11.6 Å². The molecule has 2 rings (SSSR count). The van der Waals surface area contributed by atoms with Crippen LogP contribution >= 0.6 is 11.6 Å². The highest BCUT2D eigenvalue weighted by atomic mass is 35.5. The summed E-state index contributed by atoms with van der Waals surface area (Å²) in [5.74, 6) is -0.311. The van der Waals surface area contributed by atoms with Crippen molar-refractivity contribution in [1.82, 2.24) is 4.90 Å². The molecule has 0 amide bonds. The summed E-state index contributed by atoms with van der Waals surface area (Å²) in [6.07, 6.45) is 0. The molecule has 0 radical (unpaired) electrons. The van der Waals surface area contributed by atoms with E-state index in [9.17, 15) is 4.39 Å². The van der Waals surface area contributed by atoms with E-state index >= 15 is 0 Å². The zero-order valence-electron chi connectivity index (χ0n) is 12.3. The van der Waals surface area contributed by atoms with Crippen LogP contribution in [0.1, 0.15) is 22.7 Å². The highest BCUT2D eigenvalue weighted by Gasteiger charge is 2.21. The minimum Gasteiger partial charge on any atom is -0.329 e. The van der Waals surface area contributed by atoms with Crippen molar-refractivity contribution in [1.29, 1.82) is 0 Å². The molecular formula is C17H20ClFN2. The Hall–Kier alpha value is -1.42. The third kappa shape index (κ3) is 3.82. The van der Waals surface area contributed by atoms with Crippen LogP contribution in [-0.2, 0) is 6.54 Å². The Morgan fingerprint density at radius 2 is 1.86 bits per heavy atom. The number of likely N-dealkylation sites (N-methyl/N-ethyl adjacent to an activating group) is 1. The fraction of sp³-hybridized carbons (Fsp3) is 0.294. The van der Waals surface area contributed by atoms with Gasteiger partial charge in [0.25, 0.3) is 0 Å². The molecule has 0 aromatic heterocycles. The third-order valence-corrected chi connectivity index (χ3v) is 3.97. The second-order valence-corrected chi connectivity index (χ2v) is 5.69. The van der Waals surface area contributed by atoms with E-state index in [1.54, 1.807) is 12.1 Å². The second-order valence-electron chi connectivity index (χ2n) is 5.29. The minimum absolute atomic E-state index is 0.250. The van der Waals surface area contributed by atoms with E-state index in [1.807, 2.05) is 11.9 Å². The van der Waals surface area contributed by atoms with Gasteiger partial charge in [0, 0.05) is 23.7 Å². The fourth-order valence-electron chi connectivity index (χ4n) is 2.44. The van der Waals surface area contributed by atoms with E-state index in [0.29, 0.717) is 23.7 Å². The maximum absolute atomic E-state index is 14.1. The Bertz CT molecular complexity index is 578. The normalized spacial score (nSPS) is 12.7. The van der Waals surface area contributed by atoms with Crippen molar-refractivity contribution in [3.8, 4) is 0 Å². The number of benzene rings is 2. The molecule has 0 heterocycles. The Balaban J connectivity index is 2.22. The molecule has 4 heteroatoms. The van der Waals surface area contributed by atoms with Crippen molar-refractivity contribution in [3.63, 3.8) is 0 Å². The summed E-state index contributed by atoms with van der Waals surface area (Å²) in [5, 5.41) is 0.418. The fourth-order valence-corrected chi connectivity index (χ4v) is 2.73. The molecule has 2 nitrogen and oxygen atoms in total. The van der Waals surface area contributed by atoms with Gasteiger partial charge in [-0.2, -0.15) is 0 Å². The number of hydrogen-bond donors (Lipinski definition) is 1. The lowest BCUT2D eigenvalue weighted by molar-refractivity contribution is 0.237. The molecule has 0 saturated carbocycles. The van der Waals surface area contributed by atoms with Gasteiger partial charge >= 0.3 is 0 Å². The molecule has 0 aliphatic rings. The minimum atomic E-state index is -0.311. The van der Waals surface area contributed by atoms with E-state index < -0.39 is 0 Å². The average Bonchev–Trinajstić information content (AvgIpc) is 2.45. The molecule has 2 aromatic rings. The Labute approximate surface area is 130 Å². The van der Waals surface area contributed by atoms with Crippen LogP contribution in [0.5, 0.6) is 0 Å². The number of halogens is 2. The maximum Gasteiger partial charge on any atom is 0.129 e. The smallest absolute Gasteiger partial charge is 0.129 e. The first-order chi connectivity index (χ1) is 10.0. The van der Waals surface area contributed by atoms with Crippen LogP contribution in [0.15, 0.2) is 42.5 Å². The highest BCUT2D eigenvalue weighted by molar-refractivity contribution is 6.31. The molecule has 2 N–H and O–H groups in total. The molecule has 0 bridgehead atoms. The Morgan fingerprint density at radius 1 is 1.19 bits per heavy atom. The molecule has 0 spiro atoms. The van der Waals surface area contributed by atoms with E-state index in [-0.39, 0.29) is 11.9 Å². The summed E-state index contributed by atoms with van der Waals surface area (Å²) >= 11 is 6.15. The van der Waals surface area contributed by atoms with Crippen molar-refractivity contribution in [2.24, 2.45) is 5.73 Å². The highest BCUT2D eigenvalue weighted by Crippen LogP contribution is 2.29. The van der Waals surface area contributed by atoms with Gasteiger partial charge in [-0.05, 0) is 31.7 Å². The predicted octanol–water partition coefficient (Wildman–Crippen LogP) is 3.92. The van der Waals surface area contributed by atoms with Crippen LogP contribution in [0.4, 0.5) is 4.39 Å². The summed E-state index contributed by atoms with van der Waals surface area (Å²) in [6.45, 7) is 3.05. The third-order valence-electron chi connectivity index (χ3n) is 3.64. The first kappa shape index (κ1) is 16.0. The number of aryl methyl sites for hydroxylation is 1. The van der Waals surface area contributed by atoms with E-state index in [4.69, 9.17) is 17.3 Å². The number of rotatable bonds is 5. The van der Waals surface area contributed by atoms with E-state index in [0.717, 1.165) is 5.56 Å². The number of nitrogens with zero attached hydrogens (tertiary/aromatic N) is 1. The largest absolute Gasteiger partial charge is 0.329 e. The van der Waals surface area contributed by atoms with Gasteiger partial charge in [0.1, 0.15) is 5.82 Å². The standard InChI is InChI=1S/C17H20ClFN2/c1-12-6-8-13(9-7-12)11-21(2)16(10-20)17-14(18)4-3-5-15(17)19/h3-9,16H,10-11,20H2,1-2H3. The van der Waals surface area contributed by atoms with Crippen LogP contribution in [0.25, 0.3) is 0 Å². The summed E-state index contributed by atoms with van der Waals surface area (Å²) < 4.78 is 14.1. The van der Waals surface area contributed by atoms with Gasteiger partial charge in [-0.3, -0.25) is 4.90 Å². The molecule has 21 heavy (non-hydrogen) atoms. The van der Waals surface area contributed by atoms with Gasteiger partial charge in [-0.1, -0.05) is 47.5 Å². The summed E-state index contributed by atoms with van der Waals surface area (Å²) in [7, 11) is 1.93. The SMILES string of the molecule is Cc1ccc(CN(C)C(CN)c2c(F)cccc2Cl)cc1. The molecule has 0 saturated heterocycles. The molecule has 0 fully saturated rings. The molecule has 2 aromatic carbocycles. The maximum atomic E-state index is 14.1. The molecule has 1 unspecified atom stereocenters. The zero-order chi connectivity index (χ0) is 15.4. The van der Waals surface area contributed by atoms with Crippen molar-refractivity contribution in [2.75, 3.05) is 13.6 Å². The molecule has 0 aliphatic heterocycles. The lowest BCUT2D eigenvalue weighted by Gasteiger charge is -2.28. The first-order valence-corrected chi connectivity index (χ1v) is 7.30. The van der Waals surface area contributed by atoms with Gasteiger partial charge in [0.2, 0.25) is 0 Å². The summed E-state index contributed by atoms with van der Waals surface area (Å²) in [4.78, 5) is 2.02. The molecule has 112 valence electrons. The summed E-state index contributed by atoms with van der Waals surface area (Å²) in [5.41, 5.74) is 8.70. The van der Waals surface area contributed by atoms with Crippen molar-refractivity contribution < 1.29 is 4.39 Å². The van der Waals surface area contributed by atoms with Crippen LogP contribution in [0.2, 0.25) is 5.02 Å². The van der Waals surface area contributed by atoms with Gasteiger partial charge in [0.15, 0.2) is 0 Å². The van der Waals surface area contributed by atoms with Gasteiger partial charge in [-0.15, -0.1) is 0 Å². The molecule has 0 aliphatic carbocycles. The van der Waals surface area contributed by atoms with Crippen LogP contribution in [-0.4, -0.2) is 18.5 Å². The quantitative estimate of drug-likeness (QED) is 0.907. The second kappa shape index (κ2) is 7.03. The lowest BCUT2D eigenvalue weighted by Crippen LogP contribution is -2.31.